The molecular weight excluding hydrogens is 461 g/mol. The second-order valence-electron chi connectivity index (χ2n) is 8.48. The van der Waals surface area contributed by atoms with Gasteiger partial charge < -0.3 is 5.11 Å². The van der Waals surface area contributed by atoms with Crippen LogP contribution in [-0.4, -0.2) is 29.3 Å². The zero-order valence-corrected chi connectivity index (χ0v) is 19.8. The lowest BCUT2D eigenvalue weighted by atomic mass is 9.99. The number of aliphatic hydroxyl groups is 1. The second kappa shape index (κ2) is 9.31. The number of anilines is 1. The van der Waals surface area contributed by atoms with Crippen LogP contribution in [-0.2, 0) is 6.61 Å². The fraction of sp³-hybridized carbons (Fsp3) is 0.192. The summed E-state index contributed by atoms with van der Waals surface area (Å²) in [5, 5.41) is 14.5. The molecule has 0 fully saturated rings. The monoisotopic (exact) mass is 486 g/mol. The standard InChI is InChI=1S/C26H24FN7O2/c1-3-21(20-10-9-18(27)13-29-20)34-26(36)33-24(32-34)22(17-11-15(2)30-19(12-17)14-35)23(31-25(33)28)16-7-5-4-6-8-16/h4-13,21,35H,3,14H2,1-2H3,(H2,28,31)/p+1. The van der Waals surface area contributed by atoms with Gasteiger partial charge in [-0.25, -0.2) is 14.2 Å². The van der Waals surface area contributed by atoms with Crippen LogP contribution in [0.15, 0.2) is 65.6 Å². The molecule has 36 heavy (non-hydrogen) atoms. The first-order chi connectivity index (χ1) is 17.4. The predicted molar refractivity (Wildman–Crippen MR) is 132 cm³/mol. The first kappa shape index (κ1) is 23.3. The zero-order chi connectivity index (χ0) is 25.4. The van der Waals surface area contributed by atoms with Crippen molar-refractivity contribution in [1.29, 1.82) is 0 Å². The molecule has 10 heteroatoms. The van der Waals surface area contributed by atoms with Gasteiger partial charge in [-0.2, -0.15) is 4.68 Å². The summed E-state index contributed by atoms with van der Waals surface area (Å²) < 4.78 is 16.2. The predicted octanol–water partition coefficient (Wildman–Crippen LogP) is 2.96. The number of fused-ring (bicyclic) bond motifs is 1. The fourth-order valence-electron chi connectivity index (χ4n) is 4.47. The Morgan fingerprint density at radius 1 is 1.14 bits per heavy atom. The number of pyridine rings is 2. The number of nitrogens with two attached hydrogens (primary N) is 1. The van der Waals surface area contributed by atoms with E-state index in [2.05, 4.69) is 15.0 Å². The maximum Gasteiger partial charge on any atom is 0.412 e. The molecule has 0 aliphatic heterocycles. The molecule has 1 unspecified atom stereocenters. The van der Waals surface area contributed by atoms with Crippen molar-refractivity contribution in [2.75, 3.05) is 5.73 Å². The largest absolute Gasteiger partial charge is 0.412 e. The van der Waals surface area contributed by atoms with Crippen LogP contribution in [0, 0.1) is 12.7 Å². The Morgan fingerprint density at radius 3 is 2.58 bits per heavy atom. The molecule has 0 aliphatic rings. The Balaban J connectivity index is 1.85. The van der Waals surface area contributed by atoms with Gasteiger partial charge in [0.1, 0.15) is 17.6 Å². The van der Waals surface area contributed by atoms with Crippen LogP contribution in [0.3, 0.4) is 0 Å². The Morgan fingerprint density at radius 2 is 1.92 bits per heavy atom. The molecule has 5 aromatic rings. The highest BCUT2D eigenvalue weighted by atomic mass is 19.1. The minimum atomic E-state index is -0.530. The number of hydrogen-bond acceptors (Lipinski definition) is 6. The molecule has 0 saturated heterocycles. The number of nitrogens with zero attached hydrogens (tertiary/aromatic N) is 5. The van der Waals surface area contributed by atoms with E-state index < -0.39 is 17.5 Å². The van der Waals surface area contributed by atoms with Crippen LogP contribution in [0.2, 0.25) is 0 Å². The van der Waals surface area contributed by atoms with Gasteiger partial charge in [0.25, 0.3) is 0 Å². The average Bonchev–Trinajstić information content (AvgIpc) is 3.22. The Bertz CT molecular complexity index is 1610. The molecule has 1 atom stereocenters. The summed E-state index contributed by atoms with van der Waals surface area (Å²) in [7, 11) is 0. The molecule has 5 rings (SSSR count). The SMILES string of the molecule is CCC(c1ccc(F)cn1)n1nc2c(-c3cc(C)nc(CO)c3)c(-c3ccccc3)[nH+]c(N)n2c1=O. The van der Waals surface area contributed by atoms with E-state index in [1.165, 1.54) is 15.1 Å². The Labute approximate surface area is 205 Å². The number of halogens is 1. The third kappa shape index (κ3) is 4.01. The van der Waals surface area contributed by atoms with E-state index in [1.54, 1.807) is 12.1 Å². The first-order valence-corrected chi connectivity index (χ1v) is 11.5. The third-order valence-corrected chi connectivity index (χ3v) is 6.06. The highest BCUT2D eigenvalue weighted by molar-refractivity contribution is 5.88. The Kier molecular flexibility index (Phi) is 6.03. The van der Waals surface area contributed by atoms with E-state index in [1.807, 2.05) is 50.2 Å². The number of aliphatic hydroxyl groups excluding tert-OH is 1. The van der Waals surface area contributed by atoms with Gasteiger partial charge in [0.05, 0.1) is 29.8 Å². The van der Waals surface area contributed by atoms with E-state index in [4.69, 9.17) is 10.8 Å². The van der Waals surface area contributed by atoms with E-state index in [9.17, 15) is 14.3 Å². The number of benzene rings is 1. The van der Waals surface area contributed by atoms with Gasteiger partial charge >= 0.3 is 11.6 Å². The molecule has 0 amide bonds. The summed E-state index contributed by atoms with van der Waals surface area (Å²) in [5.74, 6) is -0.351. The summed E-state index contributed by atoms with van der Waals surface area (Å²) in [6.45, 7) is 3.50. The molecule has 0 radical (unpaired) electrons. The highest BCUT2D eigenvalue weighted by Crippen LogP contribution is 2.33. The van der Waals surface area contributed by atoms with Crippen molar-refractivity contribution in [3.63, 3.8) is 0 Å². The van der Waals surface area contributed by atoms with Gasteiger partial charge in [0, 0.05) is 11.3 Å². The topological polar surface area (TPSA) is 125 Å². The molecule has 4 heterocycles. The quantitative estimate of drug-likeness (QED) is 0.380. The molecule has 0 spiro atoms. The molecule has 0 saturated carbocycles. The van der Waals surface area contributed by atoms with Crippen LogP contribution >= 0.6 is 0 Å². The number of nitrogens with one attached hydrogen (secondary N) is 1. The number of aryl methyl sites for hydroxylation is 1. The molecular formula is C26H25FN7O2+. The molecule has 4 N–H and O–H groups in total. The van der Waals surface area contributed by atoms with Crippen molar-refractivity contribution >= 4 is 11.6 Å². The summed E-state index contributed by atoms with van der Waals surface area (Å²) in [6, 6.07) is 15.5. The number of H-pyrrole nitrogens is 1. The van der Waals surface area contributed by atoms with Crippen LogP contribution in [0.25, 0.3) is 28.0 Å². The fourth-order valence-corrected chi connectivity index (χ4v) is 4.47. The number of nitrogen functional groups attached to an aromatic ring is 1. The van der Waals surface area contributed by atoms with Gasteiger partial charge in [0.15, 0.2) is 0 Å². The summed E-state index contributed by atoms with van der Waals surface area (Å²) >= 11 is 0. The van der Waals surface area contributed by atoms with Crippen LogP contribution in [0.1, 0.15) is 36.5 Å². The van der Waals surface area contributed by atoms with E-state index in [-0.39, 0.29) is 12.6 Å². The van der Waals surface area contributed by atoms with Crippen LogP contribution in [0.4, 0.5) is 10.3 Å². The minimum Gasteiger partial charge on any atom is -0.390 e. The highest BCUT2D eigenvalue weighted by Gasteiger charge is 2.29. The van der Waals surface area contributed by atoms with Gasteiger partial charge in [0.2, 0.25) is 5.65 Å². The normalized spacial score (nSPS) is 12.2. The summed E-state index contributed by atoms with van der Waals surface area (Å²) in [5.41, 5.74) is 10.8. The molecule has 182 valence electrons. The first-order valence-electron chi connectivity index (χ1n) is 11.5. The van der Waals surface area contributed by atoms with E-state index in [0.29, 0.717) is 40.4 Å². The number of rotatable bonds is 6. The van der Waals surface area contributed by atoms with Gasteiger partial charge in [-0.15, -0.1) is 9.50 Å². The maximum absolute atomic E-state index is 13.6. The molecule has 1 aromatic carbocycles. The minimum absolute atomic E-state index is 0.110. The van der Waals surface area contributed by atoms with Crippen LogP contribution in [0.5, 0.6) is 0 Å². The van der Waals surface area contributed by atoms with Gasteiger partial charge in [-0.05, 0) is 43.2 Å². The van der Waals surface area contributed by atoms with Crippen molar-refractivity contribution in [2.24, 2.45) is 0 Å². The van der Waals surface area contributed by atoms with E-state index in [0.717, 1.165) is 17.3 Å². The lowest BCUT2D eigenvalue weighted by Gasteiger charge is -2.12. The molecule has 9 nitrogen and oxygen atoms in total. The summed E-state index contributed by atoms with van der Waals surface area (Å²) in [4.78, 5) is 25.4. The molecule has 0 aliphatic carbocycles. The third-order valence-electron chi connectivity index (χ3n) is 6.06. The number of aromatic nitrogens is 6. The smallest absolute Gasteiger partial charge is 0.390 e. The van der Waals surface area contributed by atoms with Crippen molar-refractivity contribution in [3.05, 3.63) is 94.2 Å². The lowest BCUT2D eigenvalue weighted by molar-refractivity contribution is -0.351. The zero-order valence-electron chi connectivity index (χ0n) is 19.8. The summed E-state index contributed by atoms with van der Waals surface area (Å²) in [6.07, 6.45) is 1.62. The molecule has 4 aromatic heterocycles. The van der Waals surface area contributed by atoms with E-state index >= 15 is 0 Å². The second-order valence-corrected chi connectivity index (χ2v) is 8.48. The van der Waals surface area contributed by atoms with Crippen molar-refractivity contribution < 1.29 is 14.5 Å². The van der Waals surface area contributed by atoms with Gasteiger partial charge in [-0.1, -0.05) is 37.3 Å². The lowest BCUT2D eigenvalue weighted by Crippen LogP contribution is -2.30. The average molecular weight is 487 g/mol. The van der Waals surface area contributed by atoms with Crippen molar-refractivity contribution in [2.45, 2.75) is 32.9 Å². The van der Waals surface area contributed by atoms with Crippen LogP contribution < -0.4 is 16.4 Å². The maximum atomic E-state index is 13.6. The molecule has 0 bridgehead atoms. The Hall–Kier alpha value is -4.44. The van der Waals surface area contributed by atoms with Crippen molar-refractivity contribution in [1.82, 2.24) is 24.1 Å². The number of hydrogen-bond donors (Lipinski definition) is 2. The number of aromatic amines is 1. The van der Waals surface area contributed by atoms with Gasteiger partial charge in [-0.3, -0.25) is 15.7 Å². The van der Waals surface area contributed by atoms with Crippen molar-refractivity contribution in [3.8, 4) is 22.4 Å².